The van der Waals surface area contributed by atoms with E-state index in [0.29, 0.717) is 17.0 Å². The molecular formula is C19H20N2O5S. The molecule has 142 valence electrons. The number of ether oxygens (including phenoxy) is 1. The molecule has 0 bridgehead atoms. The van der Waals surface area contributed by atoms with Crippen molar-refractivity contribution in [1.29, 1.82) is 0 Å². The number of methoxy groups -OCH3 is 1. The summed E-state index contributed by atoms with van der Waals surface area (Å²) in [5.74, 6) is 0.319. The van der Waals surface area contributed by atoms with Crippen LogP contribution in [0.4, 0.5) is 5.69 Å². The summed E-state index contributed by atoms with van der Waals surface area (Å²) >= 11 is 0. The van der Waals surface area contributed by atoms with Crippen LogP contribution in [-0.4, -0.2) is 39.8 Å². The average Bonchev–Trinajstić information content (AvgIpc) is 3.01. The fourth-order valence-corrected chi connectivity index (χ4v) is 4.20. The van der Waals surface area contributed by atoms with Gasteiger partial charge in [-0.15, -0.1) is 0 Å². The van der Waals surface area contributed by atoms with Gasteiger partial charge in [0.15, 0.2) is 5.78 Å². The van der Waals surface area contributed by atoms with Gasteiger partial charge in [0.25, 0.3) is 0 Å². The van der Waals surface area contributed by atoms with Crippen molar-refractivity contribution in [1.82, 2.24) is 4.72 Å². The molecule has 1 saturated heterocycles. The van der Waals surface area contributed by atoms with Crippen molar-refractivity contribution in [3.63, 3.8) is 0 Å². The average molecular weight is 388 g/mol. The number of sulfonamides is 1. The van der Waals surface area contributed by atoms with Gasteiger partial charge in [-0.05, 0) is 31.2 Å². The Labute approximate surface area is 158 Å². The highest BCUT2D eigenvalue weighted by Crippen LogP contribution is 2.26. The number of benzene rings is 2. The summed E-state index contributed by atoms with van der Waals surface area (Å²) in [5.41, 5.74) is 1.10. The van der Waals surface area contributed by atoms with Gasteiger partial charge in [0.2, 0.25) is 15.9 Å². The van der Waals surface area contributed by atoms with E-state index in [0.717, 1.165) is 0 Å². The minimum absolute atomic E-state index is 0.0554. The van der Waals surface area contributed by atoms with Crippen LogP contribution >= 0.6 is 0 Å². The zero-order chi connectivity index (χ0) is 19.6. The van der Waals surface area contributed by atoms with Crippen LogP contribution in [0, 0.1) is 0 Å². The summed E-state index contributed by atoms with van der Waals surface area (Å²) in [6, 6.07) is 12.2. The standard InChI is InChI=1S/C19H20N2O5S/c1-13(22)14-6-8-18(9-7-14)27(24,25)20-15-10-19(23)21(12-15)16-4-3-5-17(11-16)26-2/h3-9,11,15,20H,10,12H2,1-2H3/t15-/m1/s1. The van der Waals surface area contributed by atoms with Crippen LogP contribution in [0.1, 0.15) is 23.7 Å². The van der Waals surface area contributed by atoms with Crippen LogP contribution in [0.25, 0.3) is 0 Å². The molecule has 1 amide bonds. The predicted octanol–water partition coefficient (Wildman–Crippen LogP) is 1.98. The summed E-state index contributed by atoms with van der Waals surface area (Å²) in [6.45, 7) is 1.65. The highest BCUT2D eigenvalue weighted by Gasteiger charge is 2.33. The smallest absolute Gasteiger partial charge is 0.240 e. The molecule has 0 spiro atoms. The molecule has 3 rings (SSSR count). The zero-order valence-electron chi connectivity index (χ0n) is 15.0. The predicted molar refractivity (Wildman–Crippen MR) is 101 cm³/mol. The summed E-state index contributed by atoms with van der Waals surface area (Å²) in [7, 11) is -2.25. The second-order valence-electron chi connectivity index (χ2n) is 6.31. The van der Waals surface area contributed by atoms with Crippen molar-refractivity contribution in [2.75, 3.05) is 18.6 Å². The lowest BCUT2D eigenvalue weighted by molar-refractivity contribution is -0.117. The van der Waals surface area contributed by atoms with Crippen LogP contribution in [0.5, 0.6) is 5.75 Å². The Morgan fingerprint density at radius 3 is 2.52 bits per heavy atom. The lowest BCUT2D eigenvalue weighted by atomic mass is 10.2. The summed E-state index contributed by atoms with van der Waals surface area (Å²) in [6.07, 6.45) is 0.0714. The van der Waals surface area contributed by atoms with Gasteiger partial charge < -0.3 is 9.64 Å². The van der Waals surface area contributed by atoms with Crippen LogP contribution in [0.2, 0.25) is 0 Å². The number of hydrogen-bond donors (Lipinski definition) is 1. The van der Waals surface area contributed by atoms with E-state index in [1.165, 1.54) is 36.1 Å². The monoisotopic (exact) mass is 388 g/mol. The van der Waals surface area contributed by atoms with E-state index in [1.807, 2.05) is 0 Å². The molecule has 8 heteroatoms. The first-order chi connectivity index (χ1) is 12.8. The number of Topliss-reactive ketones (excluding diaryl/α,β-unsaturated/α-hetero) is 1. The maximum atomic E-state index is 12.6. The molecule has 1 aliphatic heterocycles. The van der Waals surface area contributed by atoms with Gasteiger partial charge in [-0.3, -0.25) is 9.59 Å². The van der Waals surface area contributed by atoms with Crippen molar-refractivity contribution in [2.24, 2.45) is 0 Å². The number of nitrogens with one attached hydrogen (secondary N) is 1. The molecule has 1 fully saturated rings. The molecule has 1 atom stereocenters. The Kier molecular flexibility index (Phi) is 5.29. The third kappa shape index (κ3) is 4.17. The number of carbonyl (C=O) groups excluding carboxylic acids is 2. The van der Waals surface area contributed by atoms with Crippen molar-refractivity contribution in [2.45, 2.75) is 24.3 Å². The number of ketones is 1. The highest BCUT2D eigenvalue weighted by atomic mass is 32.2. The third-order valence-corrected chi connectivity index (χ3v) is 5.92. The van der Waals surface area contributed by atoms with Gasteiger partial charge in [-0.2, -0.15) is 0 Å². The first-order valence-corrected chi connectivity index (χ1v) is 9.86. The molecule has 2 aromatic carbocycles. The summed E-state index contributed by atoms with van der Waals surface area (Å²) in [4.78, 5) is 25.3. The molecule has 1 aliphatic rings. The van der Waals surface area contributed by atoms with E-state index >= 15 is 0 Å². The summed E-state index contributed by atoms with van der Waals surface area (Å²) < 4.78 is 32.9. The van der Waals surface area contributed by atoms with Crippen molar-refractivity contribution in [3.8, 4) is 5.75 Å². The number of carbonyl (C=O) groups is 2. The molecule has 0 aromatic heterocycles. The van der Waals surface area contributed by atoms with Crippen molar-refractivity contribution >= 4 is 27.4 Å². The molecule has 0 unspecified atom stereocenters. The fraction of sp³-hybridized carbons (Fsp3) is 0.263. The number of rotatable bonds is 6. The maximum absolute atomic E-state index is 12.6. The van der Waals surface area contributed by atoms with Crippen LogP contribution < -0.4 is 14.4 Å². The fourth-order valence-electron chi connectivity index (χ4n) is 2.97. The van der Waals surface area contributed by atoms with E-state index in [9.17, 15) is 18.0 Å². The van der Waals surface area contributed by atoms with Gasteiger partial charge in [0.05, 0.1) is 12.0 Å². The second-order valence-corrected chi connectivity index (χ2v) is 8.02. The maximum Gasteiger partial charge on any atom is 0.240 e. The largest absolute Gasteiger partial charge is 0.497 e. The van der Waals surface area contributed by atoms with E-state index in [4.69, 9.17) is 4.74 Å². The third-order valence-electron chi connectivity index (χ3n) is 4.38. The molecule has 0 aliphatic carbocycles. The van der Waals surface area contributed by atoms with Gasteiger partial charge in [0.1, 0.15) is 5.75 Å². The minimum Gasteiger partial charge on any atom is -0.497 e. The van der Waals surface area contributed by atoms with Crippen LogP contribution in [0.3, 0.4) is 0 Å². The van der Waals surface area contributed by atoms with Gasteiger partial charge >= 0.3 is 0 Å². The first-order valence-electron chi connectivity index (χ1n) is 8.38. The number of anilines is 1. The molecule has 1 heterocycles. The van der Waals surface area contributed by atoms with E-state index in [-0.39, 0.29) is 29.6 Å². The lowest BCUT2D eigenvalue weighted by Gasteiger charge is -2.18. The Balaban J connectivity index is 1.74. The van der Waals surface area contributed by atoms with Crippen LogP contribution in [-0.2, 0) is 14.8 Å². The molecule has 27 heavy (non-hydrogen) atoms. The van der Waals surface area contributed by atoms with Crippen LogP contribution in [0.15, 0.2) is 53.4 Å². The zero-order valence-corrected chi connectivity index (χ0v) is 15.8. The number of nitrogens with zero attached hydrogens (tertiary/aromatic N) is 1. The Morgan fingerprint density at radius 2 is 1.89 bits per heavy atom. The molecule has 7 nitrogen and oxygen atoms in total. The normalized spacial score (nSPS) is 17.2. The van der Waals surface area contributed by atoms with Gasteiger partial charge in [-0.1, -0.05) is 18.2 Å². The first kappa shape index (κ1) is 19.1. The SMILES string of the molecule is COc1cccc(N2C[C@H](NS(=O)(=O)c3ccc(C(C)=O)cc3)CC2=O)c1. The van der Waals surface area contributed by atoms with Crippen molar-refractivity contribution < 1.29 is 22.7 Å². The topological polar surface area (TPSA) is 92.8 Å². The van der Waals surface area contributed by atoms with E-state index < -0.39 is 16.1 Å². The molecule has 2 aromatic rings. The lowest BCUT2D eigenvalue weighted by Crippen LogP contribution is -2.37. The molecular weight excluding hydrogens is 368 g/mol. The Hall–Kier alpha value is -2.71. The molecule has 0 saturated carbocycles. The van der Waals surface area contributed by atoms with Gasteiger partial charge in [-0.25, -0.2) is 13.1 Å². The Morgan fingerprint density at radius 1 is 1.19 bits per heavy atom. The van der Waals surface area contributed by atoms with Gasteiger partial charge in [0, 0.05) is 36.3 Å². The summed E-state index contributed by atoms with van der Waals surface area (Å²) in [5, 5.41) is 0. The van der Waals surface area contributed by atoms with E-state index in [2.05, 4.69) is 4.72 Å². The van der Waals surface area contributed by atoms with E-state index in [1.54, 1.807) is 31.4 Å². The molecule has 1 N–H and O–H groups in total. The van der Waals surface area contributed by atoms with Crippen molar-refractivity contribution in [3.05, 3.63) is 54.1 Å². The highest BCUT2D eigenvalue weighted by molar-refractivity contribution is 7.89. The minimum atomic E-state index is -3.79. The number of amides is 1. The molecule has 0 radical (unpaired) electrons. The quantitative estimate of drug-likeness (QED) is 0.764. The number of hydrogen-bond acceptors (Lipinski definition) is 5. The second kappa shape index (κ2) is 7.50. The Bertz CT molecular complexity index is 970.